The Morgan fingerprint density at radius 2 is 2.20 bits per heavy atom. The van der Waals surface area contributed by atoms with Gasteiger partial charge in [-0.15, -0.1) is 5.10 Å². The molecule has 2 aromatic rings. The van der Waals surface area contributed by atoms with Gasteiger partial charge in [0.15, 0.2) is 0 Å². The molecular weight excluding hydrogens is 250 g/mol. The summed E-state index contributed by atoms with van der Waals surface area (Å²) in [6, 6.07) is 8.80. The van der Waals surface area contributed by atoms with Gasteiger partial charge in [0.25, 0.3) is 0 Å². The predicted molar refractivity (Wildman–Crippen MR) is 77.8 cm³/mol. The first-order valence-electron chi connectivity index (χ1n) is 7.32. The quantitative estimate of drug-likeness (QED) is 0.865. The van der Waals surface area contributed by atoms with Crippen molar-refractivity contribution in [2.24, 2.45) is 5.73 Å². The second-order valence-corrected chi connectivity index (χ2v) is 5.82. The van der Waals surface area contributed by atoms with E-state index in [1.807, 2.05) is 0 Å². The normalized spacial score (nSPS) is 25.1. The zero-order valence-electron chi connectivity index (χ0n) is 11.4. The first-order chi connectivity index (χ1) is 9.81. The minimum Gasteiger partial charge on any atom is -0.338 e. The van der Waals surface area contributed by atoms with E-state index in [0.29, 0.717) is 5.92 Å². The molecule has 0 radical (unpaired) electrons. The van der Waals surface area contributed by atoms with Gasteiger partial charge in [-0.05, 0) is 30.4 Å². The second kappa shape index (κ2) is 4.59. The number of nitrogens with two attached hydrogens (primary N) is 1. The Labute approximate surface area is 118 Å². The molecule has 2 unspecified atom stereocenters. The maximum absolute atomic E-state index is 6.02. The van der Waals surface area contributed by atoms with Gasteiger partial charge in [0, 0.05) is 25.0 Å². The van der Waals surface area contributed by atoms with Crippen molar-refractivity contribution in [2.45, 2.75) is 31.2 Å². The fraction of sp³-hybridized carbons (Fsp3) is 0.467. The maximum Gasteiger partial charge on any atom is 0.244 e. The van der Waals surface area contributed by atoms with Crippen LogP contribution in [0.4, 0.5) is 5.95 Å². The lowest BCUT2D eigenvalue weighted by atomic mass is 9.77. The van der Waals surface area contributed by atoms with Crippen molar-refractivity contribution >= 4 is 5.95 Å². The molecule has 20 heavy (non-hydrogen) atoms. The Bertz CT molecular complexity index is 620. The molecule has 1 aliphatic carbocycles. The van der Waals surface area contributed by atoms with Crippen LogP contribution in [-0.4, -0.2) is 34.3 Å². The highest BCUT2D eigenvalue weighted by Crippen LogP contribution is 2.38. The summed E-state index contributed by atoms with van der Waals surface area (Å²) in [5.74, 6) is 2.17. The van der Waals surface area contributed by atoms with E-state index in [-0.39, 0.29) is 6.04 Å². The lowest BCUT2D eigenvalue weighted by Gasteiger charge is -2.30. The Morgan fingerprint density at radius 1 is 1.30 bits per heavy atom. The van der Waals surface area contributed by atoms with E-state index in [1.165, 1.54) is 11.1 Å². The Balaban J connectivity index is 1.55. The number of H-pyrrole nitrogens is 1. The van der Waals surface area contributed by atoms with E-state index in [2.05, 4.69) is 39.4 Å². The highest BCUT2D eigenvalue weighted by atomic mass is 15.4. The number of nitrogens with zero attached hydrogens (tertiary/aromatic N) is 3. The van der Waals surface area contributed by atoms with Crippen LogP contribution in [0.3, 0.4) is 0 Å². The Hall–Kier alpha value is -1.88. The van der Waals surface area contributed by atoms with Crippen molar-refractivity contribution in [3.05, 3.63) is 41.2 Å². The highest BCUT2D eigenvalue weighted by molar-refractivity contribution is 5.45. The van der Waals surface area contributed by atoms with Crippen LogP contribution in [0.15, 0.2) is 24.3 Å². The van der Waals surface area contributed by atoms with Crippen molar-refractivity contribution in [1.82, 2.24) is 15.2 Å². The minimum absolute atomic E-state index is 0.245. The van der Waals surface area contributed by atoms with Crippen molar-refractivity contribution in [1.29, 1.82) is 0 Å². The van der Waals surface area contributed by atoms with E-state index < -0.39 is 0 Å². The van der Waals surface area contributed by atoms with Crippen LogP contribution in [-0.2, 0) is 6.42 Å². The van der Waals surface area contributed by atoms with Crippen LogP contribution >= 0.6 is 0 Å². The van der Waals surface area contributed by atoms with Crippen LogP contribution in [0.25, 0.3) is 0 Å². The third-order valence-electron chi connectivity index (χ3n) is 4.42. The van der Waals surface area contributed by atoms with Crippen LogP contribution in [0.1, 0.15) is 35.7 Å². The Morgan fingerprint density at radius 3 is 3.05 bits per heavy atom. The number of aromatic amines is 1. The van der Waals surface area contributed by atoms with Crippen LogP contribution in [0.5, 0.6) is 0 Å². The molecule has 104 valence electrons. The molecule has 1 aromatic carbocycles. The molecule has 1 aliphatic heterocycles. The molecule has 0 amide bonds. The van der Waals surface area contributed by atoms with Crippen LogP contribution in [0.2, 0.25) is 0 Å². The average Bonchev–Trinajstić information content (AvgIpc) is 2.90. The smallest absolute Gasteiger partial charge is 0.244 e. The summed E-state index contributed by atoms with van der Waals surface area (Å²) in [6.07, 6.45) is 3.28. The first-order valence-corrected chi connectivity index (χ1v) is 7.32. The summed E-state index contributed by atoms with van der Waals surface area (Å²) in [5, 5.41) is 7.50. The second-order valence-electron chi connectivity index (χ2n) is 5.82. The molecule has 3 N–H and O–H groups in total. The van der Waals surface area contributed by atoms with E-state index in [1.54, 1.807) is 0 Å². The number of benzene rings is 1. The van der Waals surface area contributed by atoms with Gasteiger partial charge in [0.2, 0.25) is 5.95 Å². The largest absolute Gasteiger partial charge is 0.338 e. The predicted octanol–water partition coefficient (Wildman–Crippen LogP) is 1.42. The van der Waals surface area contributed by atoms with Crippen molar-refractivity contribution in [3.8, 4) is 0 Å². The third kappa shape index (κ3) is 1.89. The zero-order chi connectivity index (χ0) is 13.5. The summed E-state index contributed by atoms with van der Waals surface area (Å²) in [4.78, 5) is 6.89. The molecule has 1 fully saturated rings. The molecule has 5 heteroatoms. The van der Waals surface area contributed by atoms with Crippen molar-refractivity contribution < 1.29 is 0 Å². The number of rotatable bonds is 2. The Kier molecular flexibility index (Phi) is 2.73. The summed E-state index contributed by atoms with van der Waals surface area (Å²) in [7, 11) is 0. The van der Waals surface area contributed by atoms with Gasteiger partial charge >= 0.3 is 0 Å². The lowest BCUT2D eigenvalue weighted by molar-refractivity contribution is 0.500. The van der Waals surface area contributed by atoms with Crippen LogP contribution < -0.4 is 10.6 Å². The van der Waals surface area contributed by atoms with Gasteiger partial charge in [-0.25, -0.2) is 0 Å². The minimum atomic E-state index is 0.245. The number of hydrogen-bond acceptors (Lipinski definition) is 4. The fourth-order valence-electron chi connectivity index (χ4n) is 3.26. The van der Waals surface area contributed by atoms with Gasteiger partial charge < -0.3 is 10.6 Å². The van der Waals surface area contributed by atoms with Crippen LogP contribution in [0, 0.1) is 0 Å². The number of fused-ring (bicyclic) bond motifs is 1. The molecular formula is C15H19N5. The lowest BCUT2D eigenvalue weighted by Crippen LogP contribution is -2.43. The van der Waals surface area contributed by atoms with Gasteiger partial charge in [-0.1, -0.05) is 24.3 Å². The van der Waals surface area contributed by atoms with E-state index in [4.69, 9.17) is 10.7 Å². The number of piperidine rings is 1. The molecule has 2 heterocycles. The van der Waals surface area contributed by atoms with Gasteiger partial charge in [-0.3, -0.25) is 5.10 Å². The molecule has 0 bridgehead atoms. The molecule has 0 saturated carbocycles. The molecule has 4 rings (SSSR count). The van der Waals surface area contributed by atoms with E-state index >= 15 is 0 Å². The van der Waals surface area contributed by atoms with Crippen molar-refractivity contribution in [2.75, 3.05) is 18.0 Å². The average molecular weight is 269 g/mol. The number of nitrogens with one attached hydrogen (secondary N) is 1. The fourth-order valence-corrected chi connectivity index (χ4v) is 3.26. The van der Waals surface area contributed by atoms with E-state index in [9.17, 15) is 0 Å². The first kappa shape index (κ1) is 11.9. The molecule has 5 nitrogen and oxygen atoms in total. The molecule has 0 spiro atoms. The van der Waals surface area contributed by atoms with Gasteiger partial charge in [-0.2, -0.15) is 4.98 Å². The molecule has 2 aliphatic rings. The molecule has 1 saturated heterocycles. The van der Waals surface area contributed by atoms with Gasteiger partial charge in [0.05, 0.1) is 0 Å². The summed E-state index contributed by atoms with van der Waals surface area (Å²) in [6.45, 7) is 1.87. The SMILES string of the molecule is NC1CCCN(c2n[nH]c(C3Cc4ccccc43)n2)C1. The third-order valence-corrected chi connectivity index (χ3v) is 4.42. The monoisotopic (exact) mass is 269 g/mol. The molecule has 2 atom stereocenters. The van der Waals surface area contributed by atoms with Gasteiger partial charge in [0.1, 0.15) is 5.82 Å². The van der Waals surface area contributed by atoms with E-state index in [0.717, 1.165) is 44.1 Å². The topological polar surface area (TPSA) is 70.8 Å². The molecule has 1 aromatic heterocycles. The van der Waals surface area contributed by atoms with Crippen molar-refractivity contribution in [3.63, 3.8) is 0 Å². The number of hydrogen-bond donors (Lipinski definition) is 2. The maximum atomic E-state index is 6.02. The highest BCUT2D eigenvalue weighted by Gasteiger charge is 2.30. The summed E-state index contributed by atoms with van der Waals surface area (Å²) in [5.41, 5.74) is 8.83. The standard InChI is InChI=1S/C15H19N5/c16-11-5-3-7-20(9-11)15-17-14(18-19-15)13-8-10-4-1-2-6-12(10)13/h1-2,4,6,11,13H,3,5,7-9,16H2,(H,17,18,19). The number of anilines is 1. The zero-order valence-corrected chi connectivity index (χ0v) is 11.4. The summed E-state index contributed by atoms with van der Waals surface area (Å²) < 4.78 is 0. The summed E-state index contributed by atoms with van der Waals surface area (Å²) >= 11 is 0. The number of aromatic nitrogens is 3.